The van der Waals surface area contributed by atoms with E-state index in [-0.39, 0.29) is 28.8 Å². The number of halogens is 1. The van der Waals surface area contributed by atoms with Crippen molar-refractivity contribution < 1.29 is 17.6 Å². The number of hydrogen-bond acceptors (Lipinski definition) is 5. The van der Waals surface area contributed by atoms with E-state index in [1.54, 1.807) is 37.4 Å². The number of nitrogens with one attached hydrogen (secondary N) is 1. The molecule has 1 unspecified atom stereocenters. The number of aromatic nitrogens is 3. The topological polar surface area (TPSA) is 93.9 Å². The van der Waals surface area contributed by atoms with Gasteiger partial charge in [0.05, 0.1) is 39.7 Å². The SMILES string of the molecule is CC1(NC(=O)c2cc(-c3ccc(F)cc3)nc(-c3ccnn3C(C)(C)C)c2)CCS(=O)(=O)C1. The van der Waals surface area contributed by atoms with Crippen molar-refractivity contribution in [3.8, 4) is 22.6 Å². The minimum atomic E-state index is -3.18. The molecule has 1 atom stereocenters. The number of benzene rings is 1. The van der Waals surface area contributed by atoms with Crippen LogP contribution in [0.1, 0.15) is 44.5 Å². The van der Waals surface area contributed by atoms with Crippen LogP contribution in [0.3, 0.4) is 0 Å². The molecule has 7 nitrogen and oxygen atoms in total. The van der Waals surface area contributed by atoms with Crippen LogP contribution in [0.15, 0.2) is 48.7 Å². The van der Waals surface area contributed by atoms with Crippen molar-refractivity contribution in [1.82, 2.24) is 20.1 Å². The van der Waals surface area contributed by atoms with Crippen molar-refractivity contribution in [1.29, 1.82) is 0 Å². The zero-order valence-electron chi connectivity index (χ0n) is 19.1. The lowest BCUT2D eigenvalue weighted by molar-refractivity contribution is 0.0915. The van der Waals surface area contributed by atoms with Crippen molar-refractivity contribution in [3.05, 3.63) is 60.0 Å². The predicted octanol–water partition coefficient (Wildman–Crippen LogP) is 3.81. The van der Waals surface area contributed by atoms with Crippen molar-refractivity contribution >= 4 is 15.7 Å². The summed E-state index contributed by atoms with van der Waals surface area (Å²) in [6, 6.07) is 11.0. The normalized spacial score (nSPS) is 20.0. The van der Waals surface area contributed by atoms with E-state index >= 15 is 0 Å². The zero-order chi connectivity index (χ0) is 24.0. The monoisotopic (exact) mass is 470 g/mol. The van der Waals surface area contributed by atoms with Crippen molar-refractivity contribution in [3.63, 3.8) is 0 Å². The zero-order valence-corrected chi connectivity index (χ0v) is 19.9. The molecule has 1 aliphatic rings. The minimum Gasteiger partial charge on any atom is -0.346 e. The largest absolute Gasteiger partial charge is 0.346 e. The third-order valence-electron chi connectivity index (χ3n) is 5.69. The van der Waals surface area contributed by atoms with Crippen LogP contribution in [-0.2, 0) is 15.4 Å². The molecule has 0 radical (unpaired) electrons. The van der Waals surface area contributed by atoms with E-state index in [0.29, 0.717) is 28.9 Å². The molecule has 1 aromatic carbocycles. The third-order valence-corrected chi connectivity index (χ3v) is 7.59. The first-order valence-electron chi connectivity index (χ1n) is 10.7. The Morgan fingerprint density at radius 2 is 1.79 bits per heavy atom. The Morgan fingerprint density at radius 1 is 1.12 bits per heavy atom. The predicted molar refractivity (Wildman–Crippen MR) is 125 cm³/mol. The smallest absolute Gasteiger partial charge is 0.251 e. The lowest BCUT2D eigenvalue weighted by Gasteiger charge is -2.24. The molecular weight excluding hydrogens is 443 g/mol. The molecule has 1 fully saturated rings. The van der Waals surface area contributed by atoms with Gasteiger partial charge in [0.15, 0.2) is 9.84 Å². The fourth-order valence-electron chi connectivity index (χ4n) is 4.05. The van der Waals surface area contributed by atoms with Gasteiger partial charge in [-0.05, 0) is 76.6 Å². The Morgan fingerprint density at radius 3 is 2.39 bits per heavy atom. The highest BCUT2D eigenvalue weighted by molar-refractivity contribution is 7.91. The van der Waals surface area contributed by atoms with Crippen LogP contribution >= 0.6 is 0 Å². The van der Waals surface area contributed by atoms with Gasteiger partial charge in [0.1, 0.15) is 5.82 Å². The molecule has 1 amide bonds. The maximum atomic E-state index is 13.5. The summed E-state index contributed by atoms with van der Waals surface area (Å²) in [6.45, 7) is 7.79. The Hall–Kier alpha value is -3.07. The molecular formula is C24H27FN4O3S. The van der Waals surface area contributed by atoms with Crippen molar-refractivity contribution in [2.75, 3.05) is 11.5 Å². The fraction of sp³-hybridized carbons (Fsp3) is 0.375. The second kappa shape index (κ2) is 8.06. The number of nitrogens with zero attached hydrogens (tertiary/aromatic N) is 3. The average Bonchev–Trinajstić information content (AvgIpc) is 3.32. The van der Waals surface area contributed by atoms with Crippen LogP contribution in [0.25, 0.3) is 22.6 Å². The summed E-state index contributed by atoms with van der Waals surface area (Å²) in [6.07, 6.45) is 2.04. The van der Waals surface area contributed by atoms with Gasteiger partial charge in [0, 0.05) is 17.3 Å². The van der Waals surface area contributed by atoms with Gasteiger partial charge in [-0.2, -0.15) is 5.10 Å². The second-order valence-corrected chi connectivity index (χ2v) is 12.0. The van der Waals surface area contributed by atoms with Crippen LogP contribution in [0.5, 0.6) is 0 Å². The molecule has 0 spiro atoms. The summed E-state index contributed by atoms with van der Waals surface area (Å²) in [5.74, 6) is -0.792. The summed E-state index contributed by atoms with van der Waals surface area (Å²) in [5, 5.41) is 7.33. The van der Waals surface area contributed by atoms with E-state index in [4.69, 9.17) is 4.98 Å². The van der Waals surface area contributed by atoms with Gasteiger partial charge in [-0.3, -0.25) is 9.48 Å². The molecule has 2 aromatic heterocycles. The highest BCUT2D eigenvalue weighted by atomic mass is 32.2. The van der Waals surface area contributed by atoms with Crippen LogP contribution in [0, 0.1) is 5.82 Å². The maximum absolute atomic E-state index is 13.5. The average molecular weight is 471 g/mol. The maximum Gasteiger partial charge on any atom is 0.251 e. The first-order chi connectivity index (χ1) is 15.4. The molecule has 1 N–H and O–H groups in total. The number of carbonyl (C=O) groups is 1. The Bertz CT molecular complexity index is 1310. The highest BCUT2D eigenvalue weighted by Gasteiger charge is 2.39. The first-order valence-corrected chi connectivity index (χ1v) is 12.5. The molecule has 0 aliphatic carbocycles. The summed E-state index contributed by atoms with van der Waals surface area (Å²) < 4.78 is 39.3. The van der Waals surface area contributed by atoms with Crippen LogP contribution in [0.2, 0.25) is 0 Å². The number of amides is 1. The second-order valence-electron chi connectivity index (χ2n) is 9.79. The number of carbonyl (C=O) groups excluding carboxylic acids is 1. The number of hydrogen-bond donors (Lipinski definition) is 1. The quantitative estimate of drug-likeness (QED) is 0.626. The van der Waals surface area contributed by atoms with Crippen LogP contribution in [-0.4, -0.2) is 46.1 Å². The summed E-state index contributed by atoms with van der Waals surface area (Å²) in [4.78, 5) is 18.0. The summed E-state index contributed by atoms with van der Waals surface area (Å²) in [5.41, 5.74) is 1.62. The lowest BCUT2D eigenvalue weighted by atomic mass is 10.0. The van der Waals surface area contributed by atoms with Crippen molar-refractivity contribution in [2.45, 2.75) is 45.2 Å². The number of pyridine rings is 1. The van der Waals surface area contributed by atoms with Gasteiger partial charge >= 0.3 is 0 Å². The van der Waals surface area contributed by atoms with E-state index in [1.807, 2.05) is 31.5 Å². The molecule has 1 saturated heterocycles. The van der Waals surface area contributed by atoms with Gasteiger partial charge in [-0.1, -0.05) is 0 Å². The molecule has 9 heteroatoms. The van der Waals surface area contributed by atoms with E-state index in [1.165, 1.54) is 12.1 Å². The van der Waals surface area contributed by atoms with E-state index in [9.17, 15) is 17.6 Å². The summed E-state index contributed by atoms with van der Waals surface area (Å²) in [7, 11) is -3.18. The molecule has 0 bridgehead atoms. The van der Waals surface area contributed by atoms with Gasteiger partial charge in [0.2, 0.25) is 0 Å². The number of rotatable bonds is 4. The van der Waals surface area contributed by atoms with E-state index in [0.717, 1.165) is 5.69 Å². The van der Waals surface area contributed by atoms with Gasteiger partial charge in [-0.15, -0.1) is 0 Å². The van der Waals surface area contributed by atoms with E-state index < -0.39 is 15.4 Å². The molecule has 4 rings (SSSR count). The van der Waals surface area contributed by atoms with Crippen molar-refractivity contribution in [2.24, 2.45) is 0 Å². The molecule has 33 heavy (non-hydrogen) atoms. The van der Waals surface area contributed by atoms with Gasteiger partial charge in [0.25, 0.3) is 5.91 Å². The van der Waals surface area contributed by atoms with Gasteiger partial charge in [-0.25, -0.2) is 17.8 Å². The van der Waals surface area contributed by atoms with E-state index in [2.05, 4.69) is 10.4 Å². The Labute approximate surface area is 193 Å². The van der Waals surface area contributed by atoms with Crippen LogP contribution < -0.4 is 5.32 Å². The molecule has 174 valence electrons. The summed E-state index contributed by atoms with van der Waals surface area (Å²) >= 11 is 0. The molecule has 3 heterocycles. The molecule has 3 aromatic rings. The van der Waals surface area contributed by atoms with Crippen LogP contribution in [0.4, 0.5) is 4.39 Å². The first kappa shape index (κ1) is 23.1. The standard InChI is InChI=1S/C24H27FN4O3S/c1-23(2,3)29-21(9-11-26-29)20-14-17(13-19(27-20)16-5-7-18(25)8-6-16)22(30)28-24(4)10-12-33(31,32)15-24/h5-9,11,13-14H,10,12,15H2,1-4H3,(H,28,30). The number of sulfone groups is 1. The minimum absolute atomic E-state index is 0.0526. The Balaban J connectivity index is 1.79. The lowest BCUT2D eigenvalue weighted by Crippen LogP contribution is -2.46. The Kier molecular flexibility index (Phi) is 5.64. The molecule has 0 saturated carbocycles. The molecule has 1 aliphatic heterocycles. The van der Waals surface area contributed by atoms with Gasteiger partial charge < -0.3 is 5.32 Å². The fourth-order valence-corrected chi connectivity index (χ4v) is 6.14. The highest BCUT2D eigenvalue weighted by Crippen LogP contribution is 2.29. The third kappa shape index (κ3) is 4.98.